The molecule has 2 heterocycles. The molecule has 2 nitrogen and oxygen atoms in total. The van der Waals surface area contributed by atoms with Gasteiger partial charge in [0.15, 0.2) is 6.20 Å². The first-order chi connectivity index (χ1) is 21.7. The highest BCUT2D eigenvalue weighted by Crippen LogP contribution is 2.42. The molecule has 2 heteroatoms. The van der Waals surface area contributed by atoms with E-state index in [1.54, 1.807) is 12.1 Å². The first kappa shape index (κ1) is 20.4. The van der Waals surface area contributed by atoms with Gasteiger partial charge in [0.25, 0.3) is 0 Å². The van der Waals surface area contributed by atoms with Crippen molar-refractivity contribution >= 4 is 43.5 Å². The van der Waals surface area contributed by atoms with Crippen molar-refractivity contribution in [3.63, 3.8) is 0 Å². The van der Waals surface area contributed by atoms with Gasteiger partial charge in [0, 0.05) is 35.1 Å². The molecule has 0 N–H and O–H groups in total. The van der Waals surface area contributed by atoms with E-state index in [-0.39, 0.29) is 5.56 Å². The molecular weight excluding hydrogens is 498 g/mol. The van der Waals surface area contributed by atoms with E-state index in [2.05, 4.69) is 61.5 Å². The molecule has 7 rings (SSSR count). The van der Waals surface area contributed by atoms with Crippen molar-refractivity contribution in [1.82, 2.24) is 0 Å². The van der Waals surface area contributed by atoms with Crippen LogP contribution in [0.5, 0.6) is 0 Å². The average molecular weight is 540 g/mol. The maximum atomic E-state index is 8.78. The number of pyridine rings is 1. The van der Waals surface area contributed by atoms with Gasteiger partial charge >= 0.3 is 0 Å². The molecule has 0 amide bonds. The smallest absolute Gasteiger partial charge is 0.216 e. The molecule has 202 valence electrons. The number of benzene rings is 5. The van der Waals surface area contributed by atoms with Crippen LogP contribution in [0.2, 0.25) is 0 Å². The maximum Gasteiger partial charge on any atom is 0.216 e. The molecule has 0 unspecified atom stereocenters. The van der Waals surface area contributed by atoms with Crippen LogP contribution in [0.25, 0.3) is 65.9 Å². The molecule has 7 aromatic rings. The molecule has 0 aliphatic rings. The molecule has 0 bridgehead atoms. The summed E-state index contributed by atoms with van der Waals surface area (Å²) in [5.41, 5.74) is 5.59. The maximum absolute atomic E-state index is 8.78. The van der Waals surface area contributed by atoms with Gasteiger partial charge in [-0.3, -0.25) is 0 Å². The lowest BCUT2D eigenvalue weighted by atomic mass is 9.86. The van der Waals surface area contributed by atoms with Gasteiger partial charge in [0.1, 0.15) is 18.2 Å². The average Bonchev–Trinajstić information content (AvgIpc) is 3.39. The summed E-state index contributed by atoms with van der Waals surface area (Å²) in [5, 5.41) is 6.58. The molecule has 0 aliphatic heterocycles. The van der Waals surface area contributed by atoms with Crippen molar-refractivity contribution in [2.24, 2.45) is 12.5 Å². The molecule has 2 aromatic heterocycles. The van der Waals surface area contributed by atoms with Crippen LogP contribution in [-0.2, 0) is 13.4 Å². The normalized spacial score (nSPS) is 14.7. The molecule has 0 aliphatic carbocycles. The largest absolute Gasteiger partial charge is 0.454 e. The van der Waals surface area contributed by atoms with E-state index in [0.717, 1.165) is 65.9 Å². The number of hydrogen-bond donors (Lipinski definition) is 0. The third kappa shape index (κ3) is 4.30. The van der Waals surface area contributed by atoms with Crippen molar-refractivity contribution in [2.75, 3.05) is 0 Å². The number of aryl methyl sites for hydroxylation is 3. The van der Waals surface area contributed by atoms with Gasteiger partial charge in [-0.2, -0.15) is 0 Å². The Bertz CT molecular complexity index is 2340. The van der Waals surface area contributed by atoms with Crippen LogP contribution in [-0.4, -0.2) is 0 Å². The summed E-state index contributed by atoms with van der Waals surface area (Å²) in [6, 6.07) is 30.1. The van der Waals surface area contributed by atoms with E-state index in [1.165, 1.54) is 6.07 Å². The molecule has 0 saturated heterocycles. The number of furan rings is 1. The topological polar surface area (TPSA) is 17.0 Å². The minimum absolute atomic E-state index is 0.134. The Kier molecular flexibility index (Phi) is 4.64. The number of hydrogen-bond acceptors (Lipinski definition) is 1. The molecule has 41 heavy (non-hydrogen) atoms. The molecular formula is C39H36NO+. The van der Waals surface area contributed by atoms with Crippen LogP contribution >= 0.6 is 0 Å². The number of fused-ring (bicyclic) bond motifs is 7. The summed E-state index contributed by atoms with van der Waals surface area (Å²) < 4.78 is 51.6. The third-order valence-electron chi connectivity index (χ3n) is 7.98. The zero-order valence-corrected chi connectivity index (χ0v) is 24.1. The summed E-state index contributed by atoms with van der Waals surface area (Å²) in [5.74, 6) is 0. The highest BCUT2D eigenvalue weighted by Gasteiger charge is 2.23. The fourth-order valence-corrected chi connectivity index (χ4v) is 6.09. The Morgan fingerprint density at radius 1 is 0.780 bits per heavy atom. The summed E-state index contributed by atoms with van der Waals surface area (Å²) in [7, 11) is 1.98. The van der Waals surface area contributed by atoms with E-state index in [9.17, 15) is 0 Å². The highest BCUT2D eigenvalue weighted by atomic mass is 16.3. The van der Waals surface area contributed by atoms with Crippen molar-refractivity contribution in [3.8, 4) is 22.4 Å². The second-order valence-electron chi connectivity index (χ2n) is 12.1. The minimum atomic E-state index is -2.43. The lowest BCUT2D eigenvalue weighted by Crippen LogP contribution is -2.30. The van der Waals surface area contributed by atoms with Crippen LogP contribution in [0.15, 0.2) is 102 Å². The van der Waals surface area contributed by atoms with Gasteiger partial charge in [0.05, 0.1) is 5.56 Å². The van der Waals surface area contributed by atoms with Crippen LogP contribution < -0.4 is 4.57 Å². The molecule has 0 saturated carbocycles. The highest BCUT2D eigenvalue weighted by molar-refractivity contribution is 6.24. The van der Waals surface area contributed by atoms with Gasteiger partial charge < -0.3 is 4.42 Å². The second-order valence-corrected chi connectivity index (χ2v) is 12.1. The fraction of sp³-hybridized carbons (Fsp3) is 0.205. The Hall–Kier alpha value is -4.43. The van der Waals surface area contributed by atoms with Gasteiger partial charge in [-0.15, -0.1) is 0 Å². The second kappa shape index (κ2) is 9.31. The van der Waals surface area contributed by atoms with E-state index >= 15 is 0 Å². The van der Waals surface area contributed by atoms with Crippen LogP contribution in [0.3, 0.4) is 0 Å². The first-order valence-electron chi connectivity index (χ1n) is 16.6. The van der Waals surface area contributed by atoms with Gasteiger partial charge in [-0.25, -0.2) is 4.57 Å². The standard InChI is InChI=1S/C39H36NO/c1-24-11-16-32-33-18-15-28-14-13-27-9-7-8-10-31(27)36(28)38(33)41-37(32)35(24)34-22-29(19-20-40(34)6)30-17-12-26(21-25(30)2)23-39(3,4)5/h7-22H,23H2,1-6H3/q+1/i2D3,23D2. The van der Waals surface area contributed by atoms with Gasteiger partial charge in [-0.05, 0) is 75.6 Å². The SMILES string of the molecule is [2H]C([2H])([2H])c1cc(C([2H])([2H])C(C)(C)C)ccc1-c1cc[n+](C)c(-c2c(C)ccc3c2oc2c3ccc3ccc4ccccc4c32)c1. The monoisotopic (exact) mass is 539 g/mol. The molecule has 0 radical (unpaired) electrons. The van der Waals surface area contributed by atoms with E-state index in [1.807, 2.05) is 56.8 Å². The predicted octanol–water partition coefficient (Wildman–Crippen LogP) is 10.3. The molecule has 0 atom stereocenters. The van der Waals surface area contributed by atoms with Gasteiger partial charge in [0.2, 0.25) is 5.69 Å². The Labute approximate surface area is 248 Å². The van der Waals surface area contributed by atoms with Crippen LogP contribution in [0, 0.1) is 19.2 Å². The van der Waals surface area contributed by atoms with E-state index in [0.29, 0.717) is 11.1 Å². The number of nitrogens with zero attached hydrogens (tertiary/aromatic N) is 1. The molecule has 0 fully saturated rings. The summed E-state index contributed by atoms with van der Waals surface area (Å²) >= 11 is 0. The lowest BCUT2D eigenvalue weighted by molar-refractivity contribution is -0.660. The third-order valence-corrected chi connectivity index (χ3v) is 7.98. The van der Waals surface area contributed by atoms with Gasteiger partial charge in [-0.1, -0.05) is 93.6 Å². The van der Waals surface area contributed by atoms with Crippen molar-refractivity contribution in [1.29, 1.82) is 0 Å². The zero-order valence-electron chi connectivity index (χ0n) is 29.1. The Balaban J connectivity index is 1.47. The van der Waals surface area contributed by atoms with Crippen LogP contribution in [0.1, 0.15) is 44.3 Å². The summed E-state index contributed by atoms with van der Waals surface area (Å²) in [6.45, 7) is 5.11. The fourth-order valence-electron chi connectivity index (χ4n) is 6.09. The van der Waals surface area contributed by atoms with E-state index < -0.39 is 18.6 Å². The number of aromatic nitrogens is 1. The molecule has 5 aromatic carbocycles. The summed E-state index contributed by atoms with van der Waals surface area (Å²) in [6.07, 6.45) is 0.226. The van der Waals surface area contributed by atoms with Crippen LogP contribution in [0.4, 0.5) is 0 Å². The predicted molar refractivity (Wildman–Crippen MR) is 173 cm³/mol. The first-order valence-corrected chi connectivity index (χ1v) is 14.1. The van der Waals surface area contributed by atoms with E-state index in [4.69, 9.17) is 11.3 Å². The zero-order chi connectivity index (χ0) is 32.8. The Morgan fingerprint density at radius 2 is 1.54 bits per heavy atom. The van der Waals surface area contributed by atoms with Crippen molar-refractivity contribution < 1.29 is 15.8 Å². The quantitative estimate of drug-likeness (QED) is 0.161. The summed E-state index contributed by atoms with van der Waals surface area (Å²) in [4.78, 5) is 0. The van der Waals surface area contributed by atoms with Crippen molar-refractivity contribution in [2.45, 2.75) is 40.9 Å². The Morgan fingerprint density at radius 3 is 2.37 bits per heavy atom. The van der Waals surface area contributed by atoms with Crippen molar-refractivity contribution in [3.05, 3.63) is 114 Å². The lowest BCUT2D eigenvalue weighted by Gasteiger charge is -2.19. The number of rotatable bonds is 3. The minimum Gasteiger partial charge on any atom is -0.454 e. The molecule has 0 spiro atoms.